The molecule has 0 bridgehead atoms. The molecule has 7 nitrogen and oxygen atoms in total. The summed E-state index contributed by atoms with van der Waals surface area (Å²) in [4.78, 5) is 29.6. The van der Waals surface area contributed by atoms with Crippen LogP contribution in [-0.2, 0) is 16.0 Å². The number of amides is 1. The van der Waals surface area contributed by atoms with Crippen LogP contribution in [0, 0.1) is 0 Å². The van der Waals surface area contributed by atoms with Crippen molar-refractivity contribution >= 4 is 17.4 Å². The second kappa shape index (κ2) is 8.67. The molecular weight excluding hydrogens is 408 g/mol. The summed E-state index contributed by atoms with van der Waals surface area (Å²) in [6, 6.07) is 11.9. The number of likely N-dealkylation sites (N-methyl/N-ethyl adjacent to an activating group) is 1. The van der Waals surface area contributed by atoms with Crippen LogP contribution >= 0.6 is 0 Å². The second-order valence-electron chi connectivity index (χ2n) is 8.53. The van der Waals surface area contributed by atoms with Crippen molar-refractivity contribution in [2.24, 2.45) is 0 Å². The quantitative estimate of drug-likeness (QED) is 0.426. The lowest BCUT2D eigenvalue weighted by molar-refractivity contribution is -0.140. The van der Waals surface area contributed by atoms with Crippen molar-refractivity contribution in [3.05, 3.63) is 64.7 Å². The molecule has 2 unspecified atom stereocenters. The predicted octanol–water partition coefficient (Wildman–Crippen LogP) is 3.00. The lowest BCUT2D eigenvalue weighted by Gasteiger charge is -2.26. The molecule has 32 heavy (non-hydrogen) atoms. The smallest absolute Gasteiger partial charge is 0.295 e. The van der Waals surface area contributed by atoms with Gasteiger partial charge in [0.05, 0.1) is 18.7 Å². The van der Waals surface area contributed by atoms with E-state index in [1.807, 2.05) is 44.1 Å². The molecule has 0 spiro atoms. The highest BCUT2D eigenvalue weighted by molar-refractivity contribution is 6.46. The topological polar surface area (TPSA) is 79.3 Å². The Balaban J connectivity index is 1.83. The average molecular weight is 437 g/mol. The van der Waals surface area contributed by atoms with E-state index in [1.165, 1.54) is 4.90 Å². The van der Waals surface area contributed by atoms with E-state index in [2.05, 4.69) is 0 Å². The van der Waals surface area contributed by atoms with Crippen LogP contribution in [0.25, 0.3) is 5.76 Å². The highest BCUT2D eigenvalue weighted by atomic mass is 16.5. The number of aliphatic hydroxyl groups excluding tert-OH is 1. The molecule has 2 aliphatic rings. The standard InChI is InChI=1S/C25H28N2O5/c1-15-12-18-13-17(8-9-20(18)32-15)23(28)21-22(16-6-5-7-19(14-16)31-4)27(11-10-26(2)3)25(30)24(21)29/h5-9,13-15,22,28H,10-12H2,1-4H3. The van der Waals surface area contributed by atoms with E-state index >= 15 is 0 Å². The van der Waals surface area contributed by atoms with Crippen LogP contribution in [0.4, 0.5) is 0 Å². The fourth-order valence-electron chi connectivity index (χ4n) is 4.30. The maximum atomic E-state index is 13.1. The summed E-state index contributed by atoms with van der Waals surface area (Å²) in [5.41, 5.74) is 2.28. The summed E-state index contributed by atoms with van der Waals surface area (Å²) in [5.74, 6) is -0.0707. The van der Waals surface area contributed by atoms with Crippen molar-refractivity contribution in [2.75, 3.05) is 34.3 Å². The van der Waals surface area contributed by atoms with Gasteiger partial charge in [0.2, 0.25) is 0 Å². The number of carbonyl (C=O) groups excluding carboxylic acids is 2. The number of likely N-dealkylation sites (tertiary alicyclic amines) is 1. The first-order valence-electron chi connectivity index (χ1n) is 10.7. The summed E-state index contributed by atoms with van der Waals surface area (Å²) in [6.07, 6.45) is 0.795. The lowest BCUT2D eigenvalue weighted by atomic mass is 9.94. The van der Waals surface area contributed by atoms with Crippen molar-refractivity contribution < 1.29 is 24.2 Å². The van der Waals surface area contributed by atoms with E-state index in [9.17, 15) is 14.7 Å². The van der Waals surface area contributed by atoms with Crippen molar-refractivity contribution in [3.63, 3.8) is 0 Å². The van der Waals surface area contributed by atoms with E-state index in [0.29, 0.717) is 30.0 Å². The number of benzene rings is 2. The Kier molecular flexibility index (Phi) is 5.93. The van der Waals surface area contributed by atoms with E-state index in [0.717, 1.165) is 17.7 Å². The molecule has 0 saturated carbocycles. The van der Waals surface area contributed by atoms with Crippen molar-refractivity contribution in [1.82, 2.24) is 9.80 Å². The van der Waals surface area contributed by atoms with E-state index in [4.69, 9.17) is 9.47 Å². The molecule has 168 valence electrons. The number of methoxy groups -OCH3 is 1. The van der Waals surface area contributed by atoms with Gasteiger partial charge < -0.3 is 24.4 Å². The number of carbonyl (C=O) groups is 2. The first kappa shape index (κ1) is 21.9. The van der Waals surface area contributed by atoms with Crippen molar-refractivity contribution in [2.45, 2.75) is 25.5 Å². The van der Waals surface area contributed by atoms with Gasteiger partial charge in [-0.3, -0.25) is 9.59 Å². The molecule has 1 fully saturated rings. The number of rotatable bonds is 6. The molecule has 1 N–H and O–H groups in total. The molecule has 2 aliphatic heterocycles. The fourth-order valence-corrected chi connectivity index (χ4v) is 4.30. The van der Waals surface area contributed by atoms with Gasteiger partial charge in [0.25, 0.3) is 11.7 Å². The van der Waals surface area contributed by atoms with Crippen LogP contribution in [0.1, 0.15) is 29.7 Å². The van der Waals surface area contributed by atoms with Crippen molar-refractivity contribution in [3.8, 4) is 11.5 Å². The summed E-state index contributed by atoms with van der Waals surface area (Å²) in [6.45, 7) is 2.92. The number of aliphatic hydroxyl groups is 1. The minimum atomic E-state index is -0.700. The van der Waals surface area contributed by atoms with Crippen LogP contribution in [-0.4, -0.2) is 67.0 Å². The van der Waals surface area contributed by atoms with E-state index < -0.39 is 17.7 Å². The maximum Gasteiger partial charge on any atom is 0.295 e. The number of hydrogen-bond donors (Lipinski definition) is 1. The maximum absolute atomic E-state index is 13.1. The summed E-state index contributed by atoms with van der Waals surface area (Å²) in [7, 11) is 5.38. The third kappa shape index (κ3) is 3.96. The molecule has 1 saturated heterocycles. The minimum Gasteiger partial charge on any atom is -0.507 e. The van der Waals surface area contributed by atoms with Gasteiger partial charge in [0, 0.05) is 25.1 Å². The van der Waals surface area contributed by atoms with Crippen LogP contribution in [0.2, 0.25) is 0 Å². The number of ether oxygens (including phenoxy) is 2. The van der Waals surface area contributed by atoms with Gasteiger partial charge in [0.1, 0.15) is 23.4 Å². The van der Waals surface area contributed by atoms with Crippen molar-refractivity contribution in [1.29, 1.82) is 0 Å². The van der Waals surface area contributed by atoms with E-state index in [-0.39, 0.29) is 17.4 Å². The number of hydrogen-bond acceptors (Lipinski definition) is 6. The molecule has 2 atom stereocenters. The van der Waals surface area contributed by atoms with Gasteiger partial charge in [-0.25, -0.2) is 0 Å². The molecule has 2 heterocycles. The third-order valence-corrected chi connectivity index (χ3v) is 5.91. The Morgan fingerprint density at radius 2 is 2.00 bits per heavy atom. The van der Waals surface area contributed by atoms with Gasteiger partial charge in [-0.05, 0) is 62.5 Å². The number of Topliss-reactive ketones (excluding diaryl/α,β-unsaturated/α-hetero) is 1. The SMILES string of the molecule is COc1cccc(C2C(=C(O)c3ccc4c(c3)CC(C)O4)C(=O)C(=O)N2CCN(C)C)c1. The Labute approximate surface area is 187 Å². The summed E-state index contributed by atoms with van der Waals surface area (Å²) < 4.78 is 11.1. The number of fused-ring (bicyclic) bond motifs is 1. The molecule has 0 aliphatic carbocycles. The van der Waals surface area contributed by atoms with Gasteiger partial charge in [-0.2, -0.15) is 0 Å². The Bertz CT molecular complexity index is 1090. The van der Waals surface area contributed by atoms with Crippen LogP contribution in [0.15, 0.2) is 48.0 Å². The summed E-state index contributed by atoms with van der Waals surface area (Å²) >= 11 is 0. The van der Waals surface area contributed by atoms with E-state index in [1.54, 1.807) is 31.4 Å². The predicted molar refractivity (Wildman–Crippen MR) is 121 cm³/mol. The Morgan fingerprint density at radius 3 is 2.72 bits per heavy atom. The van der Waals surface area contributed by atoms with Gasteiger partial charge in [0.15, 0.2) is 0 Å². The van der Waals surface area contributed by atoms with Gasteiger partial charge in [-0.15, -0.1) is 0 Å². The first-order valence-corrected chi connectivity index (χ1v) is 10.7. The van der Waals surface area contributed by atoms with Crippen LogP contribution in [0.3, 0.4) is 0 Å². The second-order valence-corrected chi connectivity index (χ2v) is 8.53. The monoisotopic (exact) mass is 436 g/mol. The first-order chi connectivity index (χ1) is 15.3. The highest BCUT2D eigenvalue weighted by Gasteiger charge is 2.46. The number of ketones is 1. The zero-order chi connectivity index (χ0) is 23.0. The largest absolute Gasteiger partial charge is 0.507 e. The molecule has 0 aromatic heterocycles. The highest BCUT2D eigenvalue weighted by Crippen LogP contribution is 2.41. The molecular formula is C25H28N2O5. The molecule has 7 heteroatoms. The zero-order valence-electron chi connectivity index (χ0n) is 18.8. The molecule has 1 amide bonds. The Morgan fingerprint density at radius 1 is 1.22 bits per heavy atom. The summed E-state index contributed by atoms with van der Waals surface area (Å²) in [5, 5.41) is 11.3. The third-order valence-electron chi connectivity index (χ3n) is 5.91. The zero-order valence-corrected chi connectivity index (χ0v) is 18.8. The Hall–Kier alpha value is -3.32. The normalized spacial score (nSPS) is 21.7. The lowest BCUT2D eigenvalue weighted by Crippen LogP contribution is -2.35. The van der Waals surface area contributed by atoms with Gasteiger partial charge in [-0.1, -0.05) is 12.1 Å². The average Bonchev–Trinajstić information content (AvgIpc) is 3.27. The molecule has 2 aromatic rings. The van der Waals surface area contributed by atoms with Crippen LogP contribution < -0.4 is 9.47 Å². The minimum absolute atomic E-state index is 0.0655. The van der Waals surface area contributed by atoms with Gasteiger partial charge >= 0.3 is 0 Å². The molecule has 4 rings (SSSR count). The van der Waals surface area contributed by atoms with Crippen LogP contribution in [0.5, 0.6) is 11.5 Å². The number of nitrogens with zero attached hydrogens (tertiary/aromatic N) is 2. The molecule has 0 radical (unpaired) electrons. The molecule has 2 aromatic carbocycles. The fraction of sp³-hybridized carbons (Fsp3) is 0.360.